The van der Waals surface area contributed by atoms with Gasteiger partial charge in [-0.15, -0.1) is 0 Å². The van der Waals surface area contributed by atoms with Gasteiger partial charge in [-0.2, -0.15) is 0 Å². The minimum absolute atomic E-state index is 0.903. The van der Waals surface area contributed by atoms with E-state index < -0.39 is 0 Å². The van der Waals surface area contributed by atoms with Gasteiger partial charge in [-0.05, 0) is 51.7 Å². The van der Waals surface area contributed by atoms with Crippen LogP contribution in [-0.4, -0.2) is 38.6 Å². The molecule has 0 N–H and O–H groups in total. The van der Waals surface area contributed by atoms with E-state index in [4.69, 9.17) is 0 Å². The van der Waals surface area contributed by atoms with Crippen molar-refractivity contribution in [3.8, 4) is 0 Å². The summed E-state index contributed by atoms with van der Waals surface area (Å²) < 4.78 is 1.15. The molecule has 0 saturated carbocycles. The molecule has 0 spiro atoms. The lowest BCUT2D eigenvalue weighted by Crippen LogP contribution is -2.27. The smallest absolute Gasteiger partial charge is 0.0418 e. The quantitative estimate of drug-likeness (QED) is 0.659. The maximum absolute atomic E-state index is 3.57. The predicted molar refractivity (Wildman–Crippen MR) is 87.8 cm³/mol. The molecular weight excluding hydrogens is 356 g/mol. The monoisotopic (exact) mass is 376 g/mol. The Morgan fingerprint density at radius 3 is 2.44 bits per heavy atom. The minimum Gasteiger partial charge on any atom is -0.371 e. The summed E-state index contributed by atoms with van der Waals surface area (Å²) in [6.45, 7) is 5.50. The molecule has 1 aromatic carbocycles. The largest absolute Gasteiger partial charge is 0.371 e. The van der Waals surface area contributed by atoms with Crippen molar-refractivity contribution in [2.24, 2.45) is 0 Å². The van der Waals surface area contributed by atoms with Crippen molar-refractivity contribution >= 4 is 37.5 Å². The molecule has 0 amide bonds. The van der Waals surface area contributed by atoms with E-state index in [9.17, 15) is 0 Å². The molecule has 0 bridgehead atoms. The lowest BCUT2D eigenvalue weighted by molar-refractivity contribution is 0.400. The van der Waals surface area contributed by atoms with Gasteiger partial charge >= 0.3 is 0 Å². The lowest BCUT2D eigenvalue weighted by Gasteiger charge is -2.26. The molecule has 2 nitrogen and oxygen atoms in total. The second-order valence-corrected chi connectivity index (χ2v) is 6.12. The van der Waals surface area contributed by atoms with Gasteiger partial charge in [-0.1, -0.05) is 37.9 Å². The first-order chi connectivity index (χ1) is 8.58. The van der Waals surface area contributed by atoms with E-state index in [0.717, 1.165) is 29.4 Å². The summed E-state index contributed by atoms with van der Waals surface area (Å²) in [5.74, 6) is 0. The highest BCUT2D eigenvalue weighted by molar-refractivity contribution is 9.10. The second kappa shape index (κ2) is 8.18. The molecule has 18 heavy (non-hydrogen) atoms. The molecule has 0 aromatic heterocycles. The molecule has 0 fully saturated rings. The van der Waals surface area contributed by atoms with Crippen molar-refractivity contribution in [3.63, 3.8) is 0 Å². The molecule has 0 atom stereocenters. The van der Waals surface area contributed by atoms with E-state index in [1.54, 1.807) is 0 Å². The first kappa shape index (κ1) is 16.0. The molecular formula is C14H22Br2N2. The summed E-state index contributed by atoms with van der Waals surface area (Å²) >= 11 is 7.14. The number of rotatable bonds is 7. The van der Waals surface area contributed by atoms with Gasteiger partial charge in [-0.25, -0.2) is 0 Å². The highest BCUT2D eigenvalue weighted by atomic mass is 79.9. The Hall–Kier alpha value is -0.0600. The number of hydrogen-bond donors (Lipinski definition) is 0. The summed E-state index contributed by atoms with van der Waals surface area (Å²) in [4.78, 5) is 4.69. The first-order valence-corrected chi connectivity index (χ1v) is 8.24. The van der Waals surface area contributed by atoms with E-state index >= 15 is 0 Å². The van der Waals surface area contributed by atoms with Gasteiger partial charge in [0, 0.05) is 28.6 Å². The van der Waals surface area contributed by atoms with Gasteiger partial charge < -0.3 is 9.80 Å². The van der Waals surface area contributed by atoms with Crippen molar-refractivity contribution in [1.82, 2.24) is 4.90 Å². The van der Waals surface area contributed by atoms with Crippen LogP contribution >= 0.6 is 31.9 Å². The van der Waals surface area contributed by atoms with Crippen LogP contribution in [0.15, 0.2) is 22.7 Å². The molecule has 1 rings (SSSR count). The molecule has 102 valence electrons. The third kappa shape index (κ3) is 4.90. The van der Waals surface area contributed by atoms with Crippen molar-refractivity contribution in [1.29, 1.82) is 0 Å². The number of hydrogen-bond acceptors (Lipinski definition) is 2. The van der Waals surface area contributed by atoms with Gasteiger partial charge in [-0.3, -0.25) is 0 Å². The van der Waals surface area contributed by atoms with E-state index in [1.807, 2.05) is 0 Å². The summed E-state index contributed by atoms with van der Waals surface area (Å²) in [6, 6.07) is 6.51. The van der Waals surface area contributed by atoms with E-state index in [-0.39, 0.29) is 0 Å². The maximum Gasteiger partial charge on any atom is 0.0418 e. The molecule has 0 aliphatic heterocycles. The minimum atomic E-state index is 0.903. The molecule has 4 heteroatoms. The van der Waals surface area contributed by atoms with Crippen molar-refractivity contribution in [3.05, 3.63) is 28.2 Å². The van der Waals surface area contributed by atoms with Gasteiger partial charge in [0.25, 0.3) is 0 Å². The van der Waals surface area contributed by atoms with Gasteiger partial charge in [0.15, 0.2) is 0 Å². The van der Waals surface area contributed by atoms with Crippen molar-refractivity contribution < 1.29 is 0 Å². The average Bonchev–Trinajstić information content (AvgIpc) is 2.34. The third-order valence-electron chi connectivity index (χ3n) is 2.95. The molecule has 0 aliphatic carbocycles. The Balaban J connectivity index is 2.77. The average molecular weight is 378 g/mol. The maximum atomic E-state index is 3.57. The molecule has 0 heterocycles. The van der Waals surface area contributed by atoms with Crippen LogP contribution in [0.5, 0.6) is 0 Å². The van der Waals surface area contributed by atoms with Crippen molar-refractivity contribution in [2.45, 2.75) is 18.7 Å². The highest BCUT2D eigenvalue weighted by Crippen LogP contribution is 2.27. The van der Waals surface area contributed by atoms with Crippen LogP contribution in [0.3, 0.4) is 0 Å². The first-order valence-electron chi connectivity index (χ1n) is 6.32. The summed E-state index contributed by atoms with van der Waals surface area (Å²) in [5, 5.41) is 0.903. The normalized spacial score (nSPS) is 11.0. The number of alkyl halides is 1. The summed E-state index contributed by atoms with van der Waals surface area (Å²) in [6.07, 6.45) is 1.19. The van der Waals surface area contributed by atoms with Gasteiger partial charge in [0.1, 0.15) is 0 Å². The zero-order valence-corrected chi connectivity index (χ0v) is 14.6. The highest BCUT2D eigenvalue weighted by Gasteiger charge is 2.09. The Morgan fingerprint density at radius 1 is 1.17 bits per heavy atom. The zero-order chi connectivity index (χ0) is 13.5. The number of benzene rings is 1. The van der Waals surface area contributed by atoms with E-state index in [2.05, 4.69) is 80.9 Å². The Kier molecular flexibility index (Phi) is 7.27. The van der Waals surface area contributed by atoms with E-state index in [1.165, 1.54) is 17.7 Å². The zero-order valence-electron chi connectivity index (χ0n) is 11.4. The number of halogens is 2. The van der Waals surface area contributed by atoms with Crippen LogP contribution in [0, 0.1) is 0 Å². The second-order valence-electron chi connectivity index (χ2n) is 4.64. The van der Waals surface area contributed by atoms with Crippen LogP contribution in [0.1, 0.15) is 18.9 Å². The van der Waals surface area contributed by atoms with Crippen LogP contribution in [0.4, 0.5) is 5.69 Å². The van der Waals surface area contributed by atoms with Crippen molar-refractivity contribution in [2.75, 3.05) is 38.6 Å². The molecule has 0 radical (unpaired) electrons. The van der Waals surface area contributed by atoms with Gasteiger partial charge in [0.2, 0.25) is 0 Å². The Morgan fingerprint density at radius 2 is 1.89 bits per heavy atom. The Bertz CT molecular complexity index is 367. The topological polar surface area (TPSA) is 6.48 Å². The number of nitrogens with zero attached hydrogens (tertiary/aromatic N) is 2. The SMILES string of the molecule is CCN(CCCN(C)C)c1cc(Br)ccc1CBr. The van der Waals surface area contributed by atoms with Crippen LogP contribution < -0.4 is 4.90 Å². The molecule has 0 saturated heterocycles. The van der Waals surface area contributed by atoms with Crippen LogP contribution in [-0.2, 0) is 5.33 Å². The van der Waals surface area contributed by atoms with Crippen LogP contribution in [0.25, 0.3) is 0 Å². The van der Waals surface area contributed by atoms with Gasteiger partial charge in [0.05, 0.1) is 0 Å². The Labute approximate surface area is 128 Å². The standard InChI is InChI=1S/C14H22Br2N2/c1-4-18(9-5-8-17(2)3)14-10-13(16)7-6-12(14)11-15/h6-7,10H,4-5,8-9,11H2,1-3H3. The predicted octanol–water partition coefficient (Wildman–Crippen LogP) is 4.12. The third-order valence-corrected chi connectivity index (χ3v) is 4.04. The molecule has 0 aliphatic rings. The fourth-order valence-corrected chi connectivity index (χ4v) is 2.79. The fraction of sp³-hybridized carbons (Fsp3) is 0.571. The molecule has 1 aromatic rings. The summed E-state index contributed by atoms with van der Waals surface area (Å²) in [5.41, 5.74) is 2.69. The van der Waals surface area contributed by atoms with Crippen LogP contribution in [0.2, 0.25) is 0 Å². The molecule has 0 unspecified atom stereocenters. The van der Waals surface area contributed by atoms with E-state index in [0.29, 0.717) is 0 Å². The lowest BCUT2D eigenvalue weighted by atomic mass is 10.1. The summed E-state index contributed by atoms with van der Waals surface area (Å²) in [7, 11) is 4.25. The number of anilines is 1. The fourth-order valence-electron chi connectivity index (χ4n) is 1.97.